The van der Waals surface area contributed by atoms with Gasteiger partial charge in [-0.15, -0.1) is 0 Å². The molecule has 0 unspecified atom stereocenters. The quantitative estimate of drug-likeness (QED) is 0.770. The van der Waals surface area contributed by atoms with Crippen LogP contribution in [0.1, 0.15) is 43.7 Å². The Labute approximate surface area is 181 Å². The molecule has 0 spiro atoms. The van der Waals surface area contributed by atoms with Crippen LogP contribution in [-0.4, -0.2) is 52.7 Å². The number of nitrogens with zero attached hydrogens (tertiary/aromatic N) is 1. The van der Waals surface area contributed by atoms with Gasteiger partial charge < -0.3 is 20.1 Å². The third kappa shape index (κ3) is 3.65. The number of hydrogen-bond acceptors (Lipinski definition) is 4. The van der Waals surface area contributed by atoms with Gasteiger partial charge in [0.15, 0.2) is 0 Å². The van der Waals surface area contributed by atoms with Crippen molar-refractivity contribution in [3.63, 3.8) is 0 Å². The second-order valence-corrected chi connectivity index (χ2v) is 8.36. The molecular formula is C24H26N2O5. The van der Waals surface area contributed by atoms with Crippen LogP contribution in [0.5, 0.6) is 0 Å². The molecule has 2 atom stereocenters. The minimum absolute atomic E-state index is 0.0713. The second kappa shape index (κ2) is 8.06. The van der Waals surface area contributed by atoms with Crippen LogP contribution in [0.3, 0.4) is 0 Å². The number of fused-ring (bicyclic) bond motifs is 3. The number of benzene rings is 2. The molecule has 2 aromatic carbocycles. The standard InChI is InChI=1S/C24H26N2O5/c1-15(21(27)26-13-7-12-24(26,2)22(28)29)25-23(30)31-14-20-18-10-5-3-8-16(18)17-9-4-6-11-19(17)20/h3-6,8-11,15,20H,7,12-14H2,1-2H3,(H,25,30)(H,28,29)/t15-,24-/m1/s1. The van der Waals surface area contributed by atoms with Gasteiger partial charge in [0.05, 0.1) is 0 Å². The lowest BCUT2D eigenvalue weighted by atomic mass is 9.98. The van der Waals surface area contributed by atoms with Crippen molar-refractivity contribution in [1.82, 2.24) is 10.2 Å². The van der Waals surface area contributed by atoms with E-state index in [4.69, 9.17) is 4.74 Å². The summed E-state index contributed by atoms with van der Waals surface area (Å²) in [4.78, 5) is 38.2. The predicted octanol–water partition coefficient (Wildman–Crippen LogP) is 3.38. The molecule has 162 valence electrons. The van der Waals surface area contributed by atoms with Gasteiger partial charge in [-0.05, 0) is 48.9 Å². The normalized spacial score (nSPS) is 20.6. The molecule has 7 heteroatoms. The molecule has 0 radical (unpaired) electrons. The number of amides is 2. The van der Waals surface area contributed by atoms with Gasteiger partial charge in [-0.1, -0.05) is 48.5 Å². The third-order valence-electron chi connectivity index (χ3n) is 6.42. The van der Waals surface area contributed by atoms with E-state index in [-0.39, 0.29) is 12.5 Å². The maximum absolute atomic E-state index is 12.8. The SMILES string of the molecule is C[C@@H](NC(=O)OCC1c2ccccc2-c2ccccc21)C(=O)N1CCC[C@]1(C)C(=O)O. The summed E-state index contributed by atoms with van der Waals surface area (Å²) in [5.74, 6) is -1.53. The first-order chi connectivity index (χ1) is 14.8. The molecule has 2 amide bonds. The Morgan fingerprint density at radius 3 is 2.29 bits per heavy atom. The predicted molar refractivity (Wildman–Crippen MR) is 115 cm³/mol. The van der Waals surface area contributed by atoms with Crippen molar-refractivity contribution in [1.29, 1.82) is 0 Å². The number of rotatable bonds is 5. The van der Waals surface area contributed by atoms with E-state index in [0.29, 0.717) is 19.4 Å². The van der Waals surface area contributed by atoms with Crippen LogP contribution in [0.4, 0.5) is 4.79 Å². The Bertz CT molecular complexity index is 991. The highest BCUT2D eigenvalue weighted by molar-refractivity contribution is 5.91. The number of carboxylic acids is 1. The minimum atomic E-state index is -1.24. The molecule has 1 fully saturated rings. The lowest BCUT2D eigenvalue weighted by molar-refractivity contribution is -0.155. The molecule has 2 aromatic rings. The van der Waals surface area contributed by atoms with Crippen LogP contribution in [0.15, 0.2) is 48.5 Å². The van der Waals surface area contributed by atoms with Crippen LogP contribution >= 0.6 is 0 Å². The summed E-state index contributed by atoms with van der Waals surface area (Å²) in [6.07, 6.45) is 0.316. The molecule has 2 aliphatic rings. The van der Waals surface area contributed by atoms with E-state index in [1.807, 2.05) is 36.4 Å². The largest absolute Gasteiger partial charge is 0.480 e. The average Bonchev–Trinajstić information content (AvgIpc) is 3.31. The molecular weight excluding hydrogens is 396 g/mol. The molecule has 31 heavy (non-hydrogen) atoms. The van der Waals surface area contributed by atoms with Crippen molar-refractivity contribution in [3.8, 4) is 11.1 Å². The lowest BCUT2D eigenvalue weighted by Gasteiger charge is -2.33. The number of aliphatic carboxylic acids is 1. The number of likely N-dealkylation sites (tertiary alicyclic amines) is 1. The molecule has 1 aliphatic carbocycles. The van der Waals surface area contributed by atoms with Gasteiger partial charge >= 0.3 is 12.1 Å². The van der Waals surface area contributed by atoms with E-state index in [2.05, 4.69) is 17.4 Å². The molecule has 4 rings (SSSR count). The van der Waals surface area contributed by atoms with E-state index >= 15 is 0 Å². The summed E-state index contributed by atoms with van der Waals surface area (Å²) >= 11 is 0. The summed E-state index contributed by atoms with van der Waals surface area (Å²) in [5, 5.41) is 12.1. The highest BCUT2D eigenvalue weighted by Crippen LogP contribution is 2.44. The fourth-order valence-electron chi connectivity index (χ4n) is 4.65. The molecule has 1 heterocycles. The van der Waals surface area contributed by atoms with Crippen molar-refractivity contribution >= 4 is 18.0 Å². The van der Waals surface area contributed by atoms with Gasteiger partial charge in [0.25, 0.3) is 0 Å². The Balaban J connectivity index is 1.40. The maximum Gasteiger partial charge on any atom is 0.407 e. The second-order valence-electron chi connectivity index (χ2n) is 8.36. The monoisotopic (exact) mass is 422 g/mol. The van der Waals surface area contributed by atoms with Gasteiger partial charge in [0, 0.05) is 12.5 Å². The number of nitrogens with one attached hydrogen (secondary N) is 1. The van der Waals surface area contributed by atoms with Crippen LogP contribution < -0.4 is 5.32 Å². The maximum atomic E-state index is 12.8. The van der Waals surface area contributed by atoms with Crippen molar-refractivity contribution in [2.75, 3.05) is 13.2 Å². The number of carboxylic acid groups (broad SMARTS) is 1. The highest BCUT2D eigenvalue weighted by atomic mass is 16.5. The first kappa shape index (κ1) is 20.9. The summed E-state index contributed by atoms with van der Waals surface area (Å²) in [6, 6.07) is 15.2. The van der Waals surface area contributed by atoms with Gasteiger partial charge in [-0.3, -0.25) is 4.79 Å². The van der Waals surface area contributed by atoms with E-state index in [1.54, 1.807) is 13.8 Å². The number of alkyl carbamates (subject to hydrolysis) is 1. The van der Waals surface area contributed by atoms with E-state index in [9.17, 15) is 19.5 Å². The molecule has 1 aliphatic heterocycles. The number of hydrogen-bond donors (Lipinski definition) is 2. The summed E-state index contributed by atoms with van der Waals surface area (Å²) < 4.78 is 5.49. The number of carbonyl (C=O) groups is 3. The summed E-state index contributed by atoms with van der Waals surface area (Å²) in [7, 11) is 0. The minimum Gasteiger partial charge on any atom is -0.480 e. The summed E-state index contributed by atoms with van der Waals surface area (Å²) in [6.45, 7) is 3.60. The molecule has 0 bridgehead atoms. The Hall–Kier alpha value is -3.35. The van der Waals surface area contributed by atoms with Gasteiger partial charge in [0.1, 0.15) is 18.2 Å². The van der Waals surface area contributed by atoms with Crippen LogP contribution in [0, 0.1) is 0 Å². The van der Waals surface area contributed by atoms with Gasteiger partial charge in [-0.25, -0.2) is 9.59 Å². The summed E-state index contributed by atoms with van der Waals surface area (Å²) in [5.41, 5.74) is 3.24. The molecule has 0 saturated carbocycles. The third-order valence-corrected chi connectivity index (χ3v) is 6.42. The zero-order valence-corrected chi connectivity index (χ0v) is 17.6. The van der Waals surface area contributed by atoms with Gasteiger partial charge in [0.2, 0.25) is 5.91 Å². The Morgan fingerprint density at radius 1 is 1.13 bits per heavy atom. The Morgan fingerprint density at radius 2 is 1.71 bits per heavy atom. The van der Waals surface area contributed by atoms with Crippen LogP contribution in [0.2, 0.25) is 0 Å². The van der Waals surface area contributed by atoms with Crippen molar-refractivity contribution < 1.29 is 24.2 Å². The van der Waals surface area contributed by atoms with E-state index in [0.717, 1.165) is 22.3 Å². The van der Waals surface area contributed by atoms with Crippen LogP contribution in [0.25, 0.3) is 11.1 Å². The number of ether oxygens (including phenoxy) is 1. The van der Waals surface area contributed by atoms with Crippen molar-refractivity contribution in [3.05, 3.63) is 59.7 Å². The molecule has 2 N–H and O–H groups in total. The number of carbonyl (C=O) groups excluding carboxylic acids is 2. The fraction of sp³-hybridized carbons (Fsp3) is 0.375. The van der Waals surface area contributed by atoms with Crippen LogP contribution in [-0.2, 0) is 14.3 Å². The highest BCUT2D eigenvalue weighted by Gasteiger charge is 2.47. The average molecular weight is 422 g/mol. The molecule has 7 nitrogen and oxygen atoms in total. The topological polar surface area (TPSA) is 95.9 Å². The molecule has 1 saturated heterocycles. The van der Waals surface area contributed by atoms with Gasteiger partial charge in [-0.2, -0.15) is 0 Å². The fourth-order valence-corrected chi connectivity index (χ4v) is 4.65. The lowest BCUT2D eigenvalue weighted by Crippen LogP contribution is -2.56. The van der Waals surface area contributed by atoms with E-state index in [1.165, 1.54) is 4.90 Å². The Kier molecular flexibility index (Phi) is 5.43. The smallest absolute Gasteiger partial charge is 0.407 e. The van der Waals surface area contributed by atoms with E-state index < -0.39 is 29.6 Å². The first-order valence-electron chi connectivity index (χ1n) is 10.5. The van der Waals surface area contributed by atoms with Crippen molar-refractivity contribution in [2.24, 2.45) is 0 Å². The van der Waals surface area contributed by atoms with Crippen molar-refractivity contribution in [2.45, 2.75) is 44.2 Å². The molecule has 0 aromatic heterocycles. The zero-order valence-electron chi connectivity index (χ0n) is 17.6. The zero-order chi connectivity index (χ0) is 22.2. The first-order valence-corrected chi connectivity index (χ1v) is 10.5.